The molecule has 108 valence electrons. The molecular formula is C15H20ClN3O. The number of nitrogens with zero attached hydrogens (tertiary/aromatic N) is 2. The summed E-state index contributed by atoms with van der Waals surface area (Å²) in [6.45, 7) is 5.74. The van der Waals surface area contributed by atoms with E-state index in [-0.39, 0.29) is 0 Å². The van der Waals surface area contributed by atoms with Crippen LogP contribution in [0.1, 0.15) is 25.1 Å². The molecule has 2 rings (SSSR count). The van der Waals surface area contributed by atoms with E-state index in [1.165, 1.54) is 0 Å². The number of halogens is 1. The highest BCUT2D eigenvalue weighted by atomic mass is 35.5. The maximum atomic E-state index is 10.6. The standard InChI is InChI=1S/C15H20ClN3O/c1-3-19-12(8-9-18-19)10-17-11-15(2,20)13-6-4-5-7-14(13)16/h4-9,17,20H,3,10-11H2,1-2H3/t15-/m0/s1. The van der Waals surface area contributed by atoms with Crippen LogP contribution in [0, 0.1) is 0 Å². The van der Waals surface area contributed by atoms with Gasteiger partial charge in [0.1, 0.15) is 5.60 Å². The average molecular weight is 294 g/mol. The zero-order valence-corrected chi connectivity index (χ0v) is 12.6. The number of aliphatic hydroxyl groups is 1. The Morgan fingerprint density at radius 3 is 2.80 bits per heavy atom. The molecule has 4 nitrogen and oxygen atoms in total. The highest BCUT2D eigenvalue weighted by Crippen LogP contribution is 2.27. The summed E-state index contributed by atoms with van der Waals surface area (Å²) in [5.41, 5.74) is 0.829. The molecule has 0 saturated carbocycles. The van der Waals surface area contributed by atoms with Gasteiger partial charge in [0.15, 0.2) is 0 Å². The van der Waals surface area contributed by atoms with Gasteiger partial charge in [-0.3, -0.25) is 4.68 Å². The summed E-state index contributed by atoms with van der Waals surface area (Å²) in [7, 11) is 0. The Labute approximate surface area is 124 Å². The van der Waals surface area contributed by atoms with Crippen molar-refractivity contribution in [3.05, 3.63) is 52.8 Å². The maximum absolute atomic E-state index is 10.6. The monoisotopic (exact) mass is 293 g/mol. The molecule has 0 aliphatic carbocycles. The van der Waals surface area contributed by atoms with Crippen LogP contribution in [0.5, 0.6) is 0 Å². The van der Waals surface area contributed by atoms with Gasteiger partial charge in [-0.25, -0.2) is 0 Å². The Balaban J connectivity index is 1.98. The van der Waals surface area contributed by atoms with Crippen LogP contribution in [0.3, 0.4) is 0 Å². The summed E-state index contributed by atoms with van der Waals surface area (Å²) >= 11 is 6.13. The average Bonchev–Trinajstić information content (AvgIpc) is 2.86. The summed E-state index contributed by atoms with van der Waals surface area (Å²) in [5, 5.41) is 18.6. The fraction of sp³-hybridized carbons (Fsp3) is 0.400. The second-order valence-corrected chi connectivity index (χ2v) is 5.40. The Morgan fingerprint density at radius 1 is 1.35 bits per heavy atom. The molecule has 1 aromatic heterocycles. The number of aryl methyl sites for hydroxylation is 1. The SMILES string of the molecule is CCn1nccc1CNC[C@](C)(O)c1ccccc1Cl. The predicted molar refractivity (Wildman–Crippen MR) is 80.6 cm³/mol. The van der Waals surface area contributed by atoms with Crippen LogP contribution >= 0.6 is 11.6 Å². The van der Waals surface area contributed by atoms with Gasteiger partial charge in [-0.1, -0.05) is 29.8 Å². The molecular weight excluding hydrogens is 274 g/mol. The quantitative estimate of drug-likeness (QED) is 0.860. The van der Waals surface area contributed by atoms with Crippen LogP contribution in [0.2, 0.25) is 5.02 Å². The van der Waals surface area contributed by atoms with Crippen LogP contribution < -0.4 is 5.32 Å². The van der Waals surface area contributed by atoms with Crippen molar-refractivity contribution in [2.24, 2.45) is 0 Å². The van der Waals surface area contributed by atoms with E-state index in [0.29, 0.717) is 18.1 Å². The highest BCUT2D eigenvalue weighted by molar-refractivity contribution is 6.31. The van der Waals surface area contributed by atoms with E-state index in [4.69, 9.17) is 11.6 Å². The minimum Gasteiger partial charge on any atom is -0.384 e. The van der Waals surface area contributed by atoms with E-state index in [2.05, 4.69) is 17.3 Å². The summed E-state index contributed by atoms with van der Waals surface area (Å²) in [4.78, 5) is 0. The molecule has 1 heterocycles. The number of aromatic nitrogens is 2. The fourth-order valence-corrected chi connectivity index (χ4v) is 2.56. The van der Waals surface area contributed by atoms with Gasteiger partial charge < -0.3 is 10.4 Å². The van der Waals surface area contributed by atoms with Gasteiger partial charge in [-0.05, 0) is 26.0 Å². The van der Waals surface area contributed by atoms with E-state index in [9.17, 15) is 5.11 Å². The molecule has 1 aromatic carbocycles. The van der Waals surface area contributed by atoms with Crippen LogP contribution in [-0.4, -0.2) is 21.4 Å². The Hall–Kier alpha value is -1.36. The van der Waals surface area contributed by atoms with E-state index < -0.39 is 5.60 Å². The van der Waals surface area contributed by atoms with Crippen molar-refractivity contribution < 1.29 is 5.11 Å². The minimum atomic E-state index is -1.00. The van der Waals surface area contributed by atoms with Crippen molar-refractivity contribution in [2.75, 3.05) is 6.54 Å². The molecule has 20 heavy (non-hydrogen) atoms. The molecule has 5 heteroatoms. The number of benzene rings is 1. The van der Waals surface area contributed by atoms with E-state index in [1.54, 1.807) is 19.2 Å². The van der Waals surface area contributed by atoms with Crippen molar-refractivity contribution >= 4 is 11.6 Å². The lowest BCUT2D eigenvalue weighted by molar-refractivity contribution is 0.0566. The number of rotatable bonds is 6. The summed E-state index contributed by atoms with van der Waals surface area (Å²) in [6.07, 6.45) is 1.78. The van der Waals surface area contributed by atoms with Gasteiger partial charge in [0, 0.05) is 36.4 Å². The summed E-state index contributed by atoms with van der Waals surface area (Å²) < 4.78 is 1.93. The molecule has 0 radical (unpaired) electrons. The number of nitrogens with one attached hydrogen (secondary N) is 1. The topological polar surface area (TPSA) is 50.1 Å². The molecule has 0 aliphatic heterocycles. The van der Waals surface area contributed by atoms with Crippen molar-refractivity contribution in [1.82, 2.24) is 15.1 Å². The van der Waals surface area contributed by atoms with Crippen LogP contribution in [0.25, 0.3) is 0 Å². The first kappa shape index (κ1) is 15.0. The zero-order chi connectivity index (χ0) is 14.6. The lowest BCUT2D eigenvalue weighted by Gasteiger charge is -2.25. The largest absolute Gasteiger partial charge is 0.384 e. The predicted octanol–water partition coefficient (Wildman–Crippen LogP) is 2.55. The maximum Gasteiger partial charge on any atom is 0.101 e. The minimum absolute atomic E-state index is 0.422. The summed E-state index contributed by atoms with van der Waals surface area (Å²) in [6, 6.07) is 9.34. The van der Waals surface area contributed by atoms with Crippen LogP contribution in [0.15, 0.2) is 36.5 Å². The molecule has 2 aromatic rings. The Bertz CT molecular complexity index is 566. The molecule has 0 spiro atoms. The van der Waals surface area contributed by atoms with Crippen molar-refractivity contribution in [3.63, 3.8) is 0 Å². The molecule has 0 fully saturated rings. The van der Waals surface area contributed by atoms with Crippen molar-refractivity contribution in [3.8, 4) is 0 Å². The highest BCUT2D eigenvalue weighted by Gasteiger charge is 2.24. The molecule has 2 N–H and O–H groups in total. The van der Waals surface area contributed by atoms with Gasteiger partial charge in [0.2, 0.25) is 0 Å². The van der Waals surface area contributed by atoms with Gasteiger partial charge in [-0.2, -0.15) is 5.10 Å². The summed E-state index contributed by atoms with van der Waals surface area (Å²) in [5.74, 6) is 0. The first-order valence-corrected chi connectivity index (χ1v) is 7.11. The molecule has 0 unspecified atom stereocenters. The van der Waals surface area contributed by atoms with Crippen molar-refractivity contribution in [1.29, 1.82) is 0 Å². The zero-order valence-electron chi connectivity index (χ0n) is 11.8. The van der Waals surface area contributed by atoms with E-state index >= 15 is 0 Å². The van der Waals surface area contributed by atoms with Gasteiger partial charge >= 0.3 is 0 Å². The van der Waals surface area contributed by atoms with Gasteiger partial charge in [0.05, 0.1) is 5.69 Å². The van der Waals surface area contributed by atoms with E-state index in [0.717, 1.165) is 17.8 Å². The second-order valence-electron chi connectivity index (χ2n) is 5.00. The third-order valence-electron chi connectivity index (χ3n) is 3.33. The Morgan fingerprint density at radius 2 is 2.10 bits per heavy atom. The number of hydrogen-bond donors (Lipinski definition) is 2. The molecule has 0 aliphatic rings. The third-order valence-corrected chi connectivity index (χ3v) is 3.66. The molecule has 0 saturated heterocycles. The first-order chi connectivity index (χ1) is 9.54. The van der Waals surface area contributed by atoms with Crippen molar-refractivity contribution in [2.45, 2.75) is 32.5 Å². The molecule has 1 atom stereocenters. The lowest BCUT2D eigenvalue weighted by Crippen LogP contribution is -2.35. The fourth-order valence-electron chi connectivity index (χ4n) is 2.22. The number of hydrogen-bond acceptors (Lipinski definition) is 3. The van der Waals surface area contributed by atoms with E-state index in [1.807, 2.05) is 28.9 Å². The lowest BCUT2D eigenvalue weighted by atomic mass is 9.96. The smallest absolute Gasteiger partial charge is 0.101 e. The van der Waals surface area contributed by atoms with Gasteiger partial charge in [-0.15, -0.1) is 0 Å². The molecule has 0 bridgehead atoms. The second kappa shape index (κ2) is 6.39. The van der Waals surface area contributed by atoms with Crippen LogP contribution in [0.4, 0.5) is 0 Å². The van der Waals surface area contributed by atoms with Gasteiger partial charge in [0.25, 0.3) is 0 Å². The normalized spacial score (nSPS) is 14.2. The Kier molecular flexibility index (Phi) is 4.81. The first-order valence-electron chi connectivity index (χ1n) is 6.73. The van der Waals surface area contributed by atoms with Crippen LogP contribution in [-0.2, 0) is 18.7 Å². The molecule has 0 amide bonds. The third kappa shape index (κ3) is 3.39.